The summed E-state index contributed by atoms with van der Waals surface area (Å²) in [6.07, 6.45) is 2.05. The Morgan fingerprint density at radius 1 is 1.12 bits per heavy atom. The molecule has 0 saturated carbocycles. The second-order valence-corrected chi connectivity index (χ2v) is 12.2. The molecule has 5 atom stereocenters. The summed E-state index contributed by atoms with van der Waals surface area (Å²) >= 11 is 2.74. The molecular weight excluding hydrogens is 519 g/mol. The topological polar surface area (TPSA) is 116 Å². The van der Waals surface area contributed by atoms with Crippen LogP contribution in [0.15, 0.2) is 35.0 Å². The fourth-order valence-corrected chi connectivity index (χ4v) is 6.54. The maximum Gasteiger partial charge on any atom is 0.485 e. The lowest BCUT2D eigenvalue weighted by Gasteiger charge is -2.45. The number of esters is 1. The number of aliphatic hydroxyl groups is 1. The van der Waals surface area contributed by atoms with Crippen LogP contribution in [-0.4, -0.2) is 78.5 Å². The Bertz CT molecular complexity index is 1080. The molecule has 2 aromatic heterocycles. The molecule has 0 aromatic carbocycles. The zero-order valence-electron chi connectivity index (χ0n) is 18.0. The maximum atomic E-state index is 13.1. The van der Waals surface area contributed by atoms with E-state index in [4.69, 9.17) is 22.4 Å². The number of quaternary nitrogens is 1. The van der Waals surface area contributed by atoms with Gasteiger partial charge in [-0.3, -0.25) is 0 Å². The first-order valence-electron chi connectivity index (χ1n) is 10.2. The highest BCUT2D eigenvalue weighted by atomic mass is 32.2. The second-order valence-electron chi connectivity index (χ2n) is 8.89. The monoisotopic (exact) mass is 541 g/mol. The molecule has 0 aliphatic carbocycles. The van der Waals surface area contributed by atoms with Crippen molar-refractivity contribution in [2.24, 2.45) is 0 Å². The van der Waals surface area contributed by atoms with E-state index in [0.717, 1.165) is 17.3 Å². The van der Waals surface area contributed by atoms with Crippen molar-refractivity contribution in [3.8, 4) is 0 Å². The van der Waals surface area contributed by atoms with Crippen molar-refractivity contribution in [1.82, 2.24) is 0 Å². The van der Waals surface area contributed by atoms with Gasteiger partial charge in [0.1, 0.15) is 30.4 Å². The molecule has 2 bridgehead atoms. The molecule has 0 spiro atoms. The van der Waals surface area contributed by atoms with Crippen LogP contribution < -0.4 is 0 Å². The van der Waals surface area contributed by atoms with Crippen LogP contribution >= 0.6 is 22.7 Å². The minimum atomic E-state index is -6.09. The van der Waals surface area contributed by atoms with Gasteiger partial charge in [-0.05, 0) is 22.9 Å². The molecular formula is C20H22F3NO7S3. The lowest BCUT2D eigenvalue weighted by molar-refractivity contribution is -0.938. The maximum absolute atomic E-state index is 13.1. The average molecular weight is 542 g/mol. The molecule has 1 unspecified atom stereocenters. The Morgan fingerprint density at radius 2 is 1.56 bits per heavy atom. The summed E-state index contributed by atoms with van der Waals surface area (Å²) in [7, 11) is -1.60. The lowest BCUT2D eigenvalue weighted by atomic mass is 9.95. The summed E-state index contributed by atoms with van der Waals surface area (Å²) in [5.74, 6) is -0.561. The van der Waals surface area contributed by atoms with Gasteiger partial charge in [-0.25, -0.2) is 13.2 Å². The molecule has 3 aliphatic rings. The largest absolute Gasteiger partial charge is 0.741 e. The number of ether oxygens (including phenoxy) is 2. The fourth-order valence-electron chi connectivity index (χ4n) is 4.83. The van der Waals surface area contributed by atoms with Gasteiger partial charge < -0.3 is 23.6 Å². The summed E-state index contributed by atoms with van der Waals surface area (Å²) in [6.45, 7) is 0. The number of hydrogen-bond donors (Lipinski definition) is 1. The minimum absolute atomic E-state index is 0.161. The van der Waals surface area contributed by atoms with Crippen molar-refractivity contribution in [2.75, 3.05) is 14.1 Å². The number of fused-ring (bicyclic) bond motifs is 5. The first-order valence-corrected chi connectivity index (χ1v) is 13.4. The van der Waals surface area contributed by atoms with Crippen molar-refractivity contribution in [2.45, 2.75) is 54.3 Å². The standard InChI is InChI=1S/C19H22NO4S2.CHF3O3S/c1-20(2)12-9-11(10-13(20)17-16(12)24-17)23-18(21)19(22,14-5-3-7-25-14)15-6-4-8-26-15;2-1(3,4)8(5,6)7/h3-8,11-13,16-17,22H,9-10H2,1-2H3;(H,5,6,7)/q+1;/p-1/t11?,12-,13+,16-,17+;. The normalized spacial score (nSPS) is 29.6. The van der Waals surface area contributed by atoms with E-state index in [-0.39, 0.29) is 6.10 Å². The number of piperidine rings is 1. The molecule has 5 rings (SSSR count). The van der Waals surface area contributed by atoms with E-state index in [1.807, 2.05) is 22.9 Å². The first-order chi connectivity index (χ1) is 15.7. The number of morpholine rings is 1. The highest BCUT2D eigenvalue weighted by Gasteiger charge is 2.71. The second kappa shape index (κ2) is 8.54. The summed E-state index contributed by atoms with van der Waals surface area (Å²) < 4.78 is 71.5. The SMILES string of the molecule is C[N+]1(C)[C@@H]2CC(OC(=O)C(O)(c3cccs3)c3cccs3)C[C@H]1[C@@H]1O[C@@H]12.O=S(=O)([O-])C(F)(F)F. The van der Waals surface area contributed by atoms with Gasteiger partial charge >= 0.3 is 11.5 Å². The van der Waals surface area contributed by atoms with Crippen LogP contribution in [0.4, 0.5) is 13.2 Å². The van der Waals surface area contributed by atoms with Crippen LogP contribution in [0, 0.1) is 0 Å². The Kier molecular flexibility index (Phi) is 6.41. The predicted molar refractivity (Wildman–Crippen MR) is 115 cm³/mol. The highest BCUT2D eigenvalue weighted by molar-refractivity contribution is 7.86. The number of epoxide rings is 1. The van der Waals surface area contributed by atoms with Gasteiger partial charge in [0.05, 0.1) is 23.8 Å². The van der Waals surface area contributed by atoms with E-state index in [2.05, 4.69) is 14.1 Å². The van der Waals surface area contributed by atoms with E-state index in [1.165, 1.54) is 22.7 Å². The number of halogens is 3. The third-order valence-electron chi connectivity index (χ3n) is 6.65. The Balaban J connectivity index is 0.000000297. The van der Waals surface area contributed by atoms with Gasteiger partial charge in [0.2, 0.25) is 5.60 Å². The van der Waals surface area contributed by atoms with Gasteiger partial charge in [-0.15, -0.1) is 22.7 Å². The zero-order valence-corrected chi connectivity index (χ0v) is 20.4. The number of hydrogen-bond acceptors (Lipinski definition) is 9. The fraction of sp³-hybridized carbons (Fsp3) is 0.550. The van der Waals surface area contributed by atoms with E-state index in [9.17, 15) is 23.1 Å². The molecule has 188 valence electrons. The number of carbonyl (C=O) groups excluding carboxylic acids is 1. The first kappa shape index (κ1) is 25.5. The molecule has 0 amide bonds. The Labute approximate surface area is 201 Å². The predicted octanol–water partition coefficient (Wildman–Crippen LogP) is 2.40. The van der Waals surface area contributed by atoms with Crippen molar-refractivity contribution in [3.63, 3.8) is 0 Å². The molecule has 3 aliphatic heterocycles. The number of rotatable bonds is 4. The zero-order chi connectivity index (χ0) is 25.1. The summed E-state index contributed by atoms with van der Waals surface area (Å²) in [5.41, 5.74) is -7.37. The van der Waals surface area contributed by atoms with Crippen LogP contribution in [0.1, 0.15) is 22.6 Å². The molecule has 1 N–H and O–H groups in total. The molecule has 5 heterocycles. The van der Waals surface area contributed by atoms with E-state index >= 15 is 0 Å². The quantitative estimate of drug-likeness (QED) is 0.208. The summed E-state index contributed by atoms with van der Waals surface area (Å²) in [4.78, 5) is 14.3. The molecule has 8 nitrogen and oxygen atoms in total. The smallest absolute Gasteiger partial charge is 0.485 e. The molecule has 34 heavy (non-hydrogen) atoms. The van der Waals surface area contributed by atoms with Crippen LogP contribution in [0.3, 0.4) is 0 Å². The van der Waals surface area contributed by atoms with Crippen molar-refractivity contribution in [1.29, 1.82) is 0 Å². The number of nitrogens with zero attached hydrogens (tertiary/aromatic N) is 1. The van der Waals surface area contributed by atoms with Crippen LogP contribution in [0.5, 0.6) is 0 Å². The average Bonchev–Trinajstić information content (AvgIpc) is 3.08. The van der Waals surface area contributed by atoms with Crippen molar-refractivity contribution < 1.29 is 50.0 Å². The number of thiophene rings is 2. The number of alkyl halides is 3. The number of carbonyl (C=O) groups is 1. The van der Waals surface area contributed by atoms with Crippen molar-refractivity contribution >= 4 is 38.8 Å². The van der Waals surface area contributed by atoms with E-state index in [0.29, 0.717) is 34.0 Å². The number of likely N-dealkylation sites (N-methyl/N-ethyl adjacent to an activating group) is 1. The highest BCUT2D eigenvalue weighted by Crippen LogP contribution is 2.52. The van der Waals surface area contributed by atoms with E-state index < -0.39 is 27.2 Å². The van der Waals surface area contributed by atoms with Gasteiger partial charge in [-0.1, -0.05) is 12.1 Å². The molecule has 3 fully saturated rings. The Morgan fingerprint density at radius 3 is 1.91 bits per heavy atom. The van der Waals surface area contributed by atoms with E-state index in [1.54, 1.807) is 12.1 Å². The van der Waals surface area contributed by atoms with Crippen LogP contribution in [0.2, 0.25) is 0 Å². The summed E-state index contributed by atoms with van der Waals surface area (Å²) in [5, 5.41) is 15.1. The van der Waals surface area contributed by atoms with Crippen molar-refractivity contribution in [3.05, 3.63) is 44.8 Å². The lowest BCUT2D eigenvalue weighted by Crippen LogP contribution is -2.60. The molecule has 3 saturated heterocycles. The molecule has 0 radical (unpaired) electrons. The van der Waals surface area contributed by atoms with Gasteiger partial charge in [0.15, 0.2) is 10.1 Å². The Hall–Kier alpha value is -1.55. The van der Waals surface area contributed by atoms with Crippen LogP contribution in [-0.2, 0) is 30.0 Å². The third kappa shape index (κ3) is 4.40. The van der Waals surface area contributed by atoms with Gasteiger partial charge in [-0.2, -0.15) is 13.2 Å². The minimum Gasteiger partial charge on any atom is -0.741 e. The molecule has 14 heteroatoms. The van der Waals surface area contributed by atoms with Crippen LogP contribution in [0.25, 0.3) is 0 Å². The third-order valence-corrected chi connectivity index (χ3v) is 9.17. The van der Waals surface area contributed by atoms with Gasteiger partial charge in [0, 0.05) is 12.8 Å². The molecule has 2 aromatic rings. The van der Waals surface area contributed by atoms with Gasteiger partial charge in [0.25, 0.3) is 0 Å². The summed E-state index contributed by atoms with van der Waals surface area (Å²) in [6, 6.07) is 8.01.